The second kappa shape index (κ2) is 11.5. The minimum Gasteiger partial charge on any atom is -0.487 e. The number of hydrogen-bond donors (Lipinski definition) is 1. The van der Waals surface area contributed by atoms with Gasteiger partial charge in [0.25, 0.3) is 5.91 Å². The number of aliphatic hydroxyl groups excluding tert-OH is 1. The van der Waals surface area contributed by atoms with Crippen LogP contribution in [0.3, 0.4) is 0 Å². The van der Waals surface area contributed by atoms with Crippen LogP contribution in [0.5, 0.6) is 5.75 Å². The number of hydrogen-bond acceptors (Lipinski definition) is 6. The molecule has 3 aromatic rings. The molecule has 1 aliphatic rings. The molecule has 0 fully saturated rings. The molecule has 1 heterocycles. The average Bonchev–Trinajstić information content (AvgIpc) is 2.94. The van der Waals surface area contributed by atoms with Crippen LogP contribution >= 0.6 is 0 Å². The highest BCUT2D eigenvalue weighted by atomic mass is 32.2. The van der Waals surface area contributed by atoms with Crippen molar-refractivity contribution in [1.82, 2.24) is 9.21 Å². The normalized spacial score (nSPS) is 19.5. The molecule has 0 aliphatic carbocycles. The summed E-state index contributed by atoms with van der Waals surface area (Å²) >= 11 is 0. The van der Waals surface area contributed by atoms with E-state index in [1.807, 2.05) is 13.0 Å². The van der Waals surface area contributed by atoms with Gasteiger partial charge in [0.05, 0.1) is 24.8 Å². The Morgan fingerprint density at radius 3 is 2.54 bits per heavy atom. The van der Waals surface area contributed by atoms with Gasteiger partial charge in [-0.05, 0) is 66.6 Å². The fourth-order valence-electron chi connectivity index (χ4n) is 4.56. The van der Waals surface area contributed by atoms with Gasteiger partial charge in [-0.2, -0.15) is 9.57 Å². The number of carbonyl (C=O) groups is 1. The quantitative estimate of drug-likeness (QED) is 0.498. The molecule has 10 heteroatoms. The summed E-state index contributed by atoms with van der Waals surface area (Å²) in [7, 11) is -2.43. The van der Waals surface area contributed by atoms with Gasteiger partial charge in [-0.3, -0.25) is 4.79 Å². The van der Waals surface area contributed by atoms with E-state index >= 15 is 0 Å². The van der Waals surface area contributed by atoms with Gasteiger partial charge in [0, 0.05) is 31.1 Å². The van der Waals surface area contributed by atoms with Gasteiger partial charge in [-0.25, -0.2) is 12.8 Å². The van der Waals surface area contributed by atoms with Crippen molar-refractivity contribution in [1.29, 1.82) is 5.26 Å². The molecule has 3 aromatic carbocycles. The zero-order chi connectivity index (χ0) is 28.3. The molecular formula is C29H30FN3O5S. The molecule has 0 aromatic heterocycles. The summed E-state index contributed by atoms with van der Waals surface area (Å²) in [5.41, 5.74) is 2.15. The topological polar surface area (TPSA) is 111 Å². The molecule has 0 saturated carbocycles. The largest absolute Gasteiger partial charge is 0.487 e. The third-order valence-electron chi connectivity index (χ3n) is 6.88. The Hall–Kier alpha value is -3.78. The van der Waals surface area contributed by atoms with Gasteiger partial charge in [-0.1, -0.05) is 25.1 Å². The Morgan fingerprint density at radius 2 is 1.87 bits per heavy atom. The molecular weight excluding hydrogens is 521 g/mol. The summed E-state index contributed by atoms with van der Waals surface area (Å²) in [4.78, 5) is 14.5. The van der Waals surface area contributed by atoms with E-state index in [1.54, 1.807) is 44.3 Å². The fraction of sp³-hybridized carbons (Fsp3) is 0.310. The number of rotatable bonds is 6. The molecule has 4 rings (SSSR count). The Labute approximate surface area is 227 Å². The van der Waals surface area contributed by atoms with Crippen LogP contribution < -0.4 is 4.74 Å². The Kier molecular flexibility index (Phi) is 8.35. The van der Waals surface area contributed by atoms with Crippen molar-refractivity contribution < 1.29 is 27.4 Å². The minimum atomic E-state index is -4.03. The molecule has 3 atom stereocenters. The molecule has 1 aliphatic heterocycles. The van der Waals surface area contributed by atoms with Crippen LogP contribution in [0.4, 0.5) is 4.39 Å². The number of likely N-dealkylation sites (N-methyl/N-ethyl adjacent to an activating group) is 1. The standard InChI is InChI=1S/C29H30FN3O5S/c1-19-16-33(20(2)18-34)39(36,37)28-12-9-24(23-6-4-5-21(13-23)15-31)14-26(28)38-27(19)17-32(3)29(35)22-7-10-25(30)11-8-22/h4-14,19-20,27,34H,16-18H2,1-3H3/t19-,20+,27+/m1/s1. The highest BCUT2D eigenvalue weighted by Gasteiger charge is 2.38. The molecule has 0 bridgehead atoms. The minimum absolute atomic E-state index is 0.0487. The van der Waals surface area contributed by atoms with Crippen LogP contribution in [0, 0.1) is 23.1 Å². The van der Waals surface area contributed by atoms with E-state index in [4.69, 9.17) is 4.74 Å². The number of carbonyl (C=O) groups excluding carboxylic acids is 1. The molecule has 204 valence electrons. The maximum absolute atomic E-state index is 13.7. The van der Waals surface area contributed by atoms with Gasteiger partial charge in [0.1, 0.15) is 22.6 Å². The van der Waals surface area contributed by atoms with Crippen molar-refractivity contribution in [3.05, 3.63) is 83.7 Å². The van der Waals surface area contributed by atoms with Gasteiger partial charge in [-0.15, -0.1) is 0 Å². The third-order valence-corrected chi connectivity index (χ3v) is 8.90. The van der Waals surface area contributed by atoms with Crippen LogP contribution in [-0.2, 0) is 10.0 Å². The summed E-state index contributed by atoms with van der Waals surface area (Å²) in [5, 5.41) is 19.1. The van der Waals surface area contributed by atoms with Crippen molar-refractivity contribution in [2.45, 2.75) is 30.9 Å². The lowest BCUT2D eigenvalue weighted by Crippen LogP contribution is -2.50. The second-order valence-corrected chi connectivity index (χ2v) is 11.6. The van der Waals surface area contributed by atoms with Gasteiger partial charge < -0.3 is 14.7 Å². The predicted molar refractivity (Wildman–Crippen MR) is 144 cm³/mol. The Bertz CT molecular complexity index is 1500. The predicted octanol–water partition coefficient (Wildman–Crippen LogP) is 3.91. The Morgan fingerprint density at radius 1 is 1.18 bits per heavy atom. The SMILES string of the molecule is C[C@@H]1CN([C@@H](C)CO)S(=O)(=O)c2ccc(-c3cccc(C#N)c3)cc2O[C@H]1CN(C)C(=O)c1ccc(F)cc1. The fourth-order valence-corrected chi connectivity index (χ4v) is 6.38. The van der Waals surface area contributed by atoms with Crippen molar-refractivity contribution in [2.75, 3.05) is 26.7 Å². The molecule has 1 N–H and O–H groups in total. The van der Waals surface area contributed by atoms with E-state index in [9.17, 15) is 28.0 Å². The number of benzene rings is 3. The first-order valence-corrected chi connectivity index (χ1v) is 13.9. The highest BCUT2D eigenvalue weighted by molar-refractivity contribution is 7.89. The van der Waals surface area contributed by atoms with Crippen LogP contribution in [0.1, 0.15) is 29.8 Å². The molecule has 8 nitrogen and oxygen atoms in total. The third kappa shape index (κ3) is 5.96. The zero-order valence-corrected chi connectivity index (χ0v) is 22.7. The first-order valence-electron chi connectivity index (χ1n) is 12.5. The summed E-state index contributed by atoms with van der Waals surface area (Å²) in [6.07, 6.45) is -0.609. The van der Waals surface area contributed by atoms with E-state index in [0.717, 1.165) is 0 Å². The highest BCUT2D eigenvalue weighted by Crippen LogP contribution is 2.36. The van der Waals surface area contributed by atoms with Crippen molar-refractivity contribution >= 4 is 15.9 Å². The number of nitrogens with zero attached hydrogens (tertiary/aromatic N) is 3. The number of halogens is 1. The number of aliphatic hydroxyl groups is 1. The van der Waals surface area contributed by atoms with E-state index in [-0.39, 0.29) is 42.2 Å². The van der Waals surface area contributed by atoms with E-state index in [0.29, 0.717) is 22.3 Å². The van der Waals surface area contributed by atoms with E-state index in [2.05, 4.69) is 6.07 Å². The van der Waals surface area contributed by atoms with Crippen LogP contribution in [-0.4, -0.2) is 67.5 Å². The van der Waals surface area contributed by atoms with Crippen molar-refractivity contribution in [3.8, 4) is 22.9 Å². The number of fused-ring (bicyclic) bond motifs is 1. The van der Waals surface area contributed by atoms with Crippen LogP contribution in [0.15, 0.2) is 71.6 Å². The second-order valence-electron chi connectivity index (χ2n) is 9.79. The first-order chi connectivity index (χ1) is 18.5. The zero-order valence-electron chi connectivity index (χ0n) is 21.9. The van der Waals surface area contributed by atoms with Crippen LogP contribution in [0.2, 0.25) is 0 Å². The van der Waals surface area contributed by atoms with Crippen molar-refractivity contribution in [2.24, 2.45) is 5.92 Å². The number of amides is 1. The maximum atomic E-state index is 13.7. The lowest BCUT2D eigenvalue weighted by atomic mass is 10.0. The summed E-state index contributed by atoms with van der Waals surface area (Å²) in [6.45, 7) is 3.30. The monoisotopic (exact) mass is 551 g/mol. The van der Waals surface area contributed by atoms with E-state index in [1.165, 1.54) is 39.5 Å². The molecule has 0 unspecified atom stereocenters. The lowest BCUT2D eigenvalue weighted by Gasteiger charge is -2.37. The van der Waals surface area contributed by atoms with Gasteiger partial charge in [0.15, 0.2) is 0 Å². The lowest BCUT2D eigenvalue weighted by molar-refractivity contribution is 0.0564. The van der Waals surface area contributed by atoms with Gasteiger partial charge in [0.2, 0.25) is 10.0 Å². The summed E-state index contributed by atoms with van der Waals surface area (Å²) < 4.78 is 48.4. The molecule has 0 radical (unpaired) electrons. The first kappa shape index (κ1) is 28.2. The number of nitriles is 1. The molecule has 1 amide bonds. The average molecular weight is 552 g/mol. The smallest absolute Gasteiger partial charge is 0.253 e. The summed E-state index contributed by atoms with van der Waals surface area (Å²) in [6, 6.07) is 18.4. The summed E-state index contributed by atoms with van der Waals surface area (Å²) in [5.74, 6) is -1.03. The van der Waals surface area contributed by atoms with Gasteiger partial charge >= 0.3 is 0 Å². The van der Waals surface area contributed by atoms with E-state index < -0.39 is 28.0 Å². The molecule has 39 heavy (non-hydrogen) atoms. The maximum Gasteiger partial charge on any atom is 0.253 e. The van der Waals surface area contributed by atoms with Crippen LogP contribution in [0.25, 0.3) is 11.1 Å². The molecule has 0 saturated heterocycles. The van der Waals surface area contributed by atoms with Crippen molar-refractivity contribution in [3.63, 3.8) is 0 Å². The number of sulfonamides is 1. The number of ether oxygens (including phenoxy) is 1. The Balaban J connectivity index is 1.75. The molecule has 0 spiro atoms.